The number of hydrogen-bond acceptors (Lipinski definition) is 4. The molecule has 1 saturated carbocycles. The number of fused-ring (bicyclic) bond motifs is 1. The second-order valence-electron chi connectivity index (χ2n) is 6.46. The summed E-state index contributed by atoms with van der Waals surface area (Å²) < 4.78 is 0. The van der Waals surface area contributed by atoms with Gasteiger partial charge in [-0.05, 0) is 44.4 Å². The van der Waals surface area contributed by atoms with Crippen molar-refractivity contribution < 1.29 is 9.72 Å². The summed E-state index contributed by atoms with van der Waals surface area (Å²) in [6.45, 7) is 1.74. The standard InChI is InChI=1S/C18H21N3O3/c1-12(13-7-6-8-14(11-13)21(23)24)19-20-18(22)17-15-9-4-2-3-5-10-16(15)17/h2-3,6-8,11,15-17H,4-5,9-10H2,1H3,(H,20,22)/b3-2?,19-12-/t15-,16+,17?. The zero-order valence-corrected chi connectivity index (χ0v) is 13.6. The van der Waals surface area contributed by atoms with E-state index in [1.54, 1.807) is 19.1 Å². The summed E-state index contributed by atoms with van der Waals surface area (Å²) >= 11 is 0. The number of nitrogens with one attached hydrogen (secondary N) is 1. The zero-order valence-electron chi connectivity index (χ0n) is 13.6. The Morgan fingerprint density at radius 3 is 2.54 bits per heavy atom. The van der Waals surface area contributed by atoms with Crippen LogP contribution in [0.25, 0.3) is 0 Å². The lowest BCUT2D eigenvalue weighted by atomic mass is 10.1. The van der Waals surface area contributed by atoms with Gasteiger partial charge >= 0.3 is 0 Å². The number of nitro benzene ring substituents is 1. The molecule has 126 valence electrons. The van der Waals surface area contributed by atoms with Crippen LogP contribution in [0.1, 0.15) is 38.2 Å². The SMILES string of the molecule is C/C(=N/NC(=O)C1[C@H]2CCC=CCC[C@@H]12)c1cccc([N+](=O)[O-])c1. The van der Waals surface area contributed by atoms with Crippen LogP contribution in [0.4, 0.5) is 5.69 Å². The lowest BCUT2D eigenvalue weighted by Gasteiger charge is -2.03. The number of allylic oxidation sites excluding steroid dienone is 2. The van der Waals surface area contributed by atoms with Crippen molar-refractivity contribution in [2.45, 2.75) is 32.6 Å². The number of carbonyl (C=O) groups is 1. The molecule has 0 aromatic heterocycles. The highest BCUT2D eigenvalue weighted by molar-refractivity contribution is 5.99. The molecule has 1 amide bonds. The molecule has 6 heteroatoms. The second kappa shape index (κ2) is 6.95. The van der Waals surface area contributed by atoms with Crippen LogP contribution >= 0.6 is 0 Å². The summed E-state index contributed by atoms with van der Waals surface area (Å²) in [5.74, 6) is 0.981. The average Bonchev–Trinajstić information content (AvgIpc) is 3.23. The molecule has 0 saturated heterocycles. The Hall–Kier alpha value is -2.50. The fraction of sp³-hybridized carbons (Fsp3) is 0.444. The highest BCUT2D eigenvalue weighted by atomic mass is 16.6. The van der Waals surface area contributed by atoms with Gasteiger partial charge in [0, 0.05) is 23.6 Å². The molecule has 2 aliphatic carbocycles. The van der Waals surface area contributed by atoms with Crippen LogP contribution in [0.2, 0.25) is 0 Å². The summed E-state index contributed by atoms with van der Waals surface area (Å²) in [7, 11) is 0. The fourth-order valence-electron chi connectivity index (χ4n) is 3.56. The number of benzene rings is 1. The van der Waals surface area contributed by atoms with E-state index in [-0.39, 0.29) is 17.5 Å². The Balaban J connectivity index is 1.62. The van der Waals surface area contributed by atoms with E-state index >= 15 is 0 Å². The molecule has 1 unspecified atom stereocenters. The van der Waals surface area contributed by atoms with Crippen LogP contribution in [0.3, 0.4) is 0 Å². The third kappa shape index (κ3) is 3.53. The monoisotopic (exact) mass is 327 g/mol. The van der Waals surface area contributed by atoms with Gasteiger partial charge in [0.1, 0.15) is 0 Å². The molecule has 0 bridgehead atoms. The summed E-state index contributed by atoms with van der Waals surface area (Å²) in [5.41, 5.74) is 3.86. The van der Waals surface area contributed by atoms with Gasteiger partial charge in [-0.2, -0.15) is 5.10 Å². The molecule has 0 heterocycles. The molecular formula is C18H21N3O3. The topological polar surface area (TPSA) is 84.6 Å². The van der Waals surface area contributed by atoms with Crippen LogP contribution < -0.4 is 5.43 Å². The summed E-state index contributed by atoms with van der Waals surface area (Å²) in [4.78, 5) is 22.8. The first-order valence-corrected chi connectivity index (χ1v) is 8.32. The summed E-state index contributed by atoms with van der Waals surface area (Å²) in [6.07, 6.45) is 8.61. The highest BCUT2D eigenvalue weighted by Gasteiger charge is 2.53. The highest BCUT2D eigenvalue weighted by Crippen LogP contribution is 2.52. The normalized spacial score (nSPS) is 26.0. The Morgan fingerprint density at radius 2 is 1.92 bits per heavy atom. The van der Waals surface area contributed by atoms with Gasteiger partial charge in [-0.25, -0.2) is 5.43 Å². The minimum atomic E-state index is -0.440. The summed E-state index contributed by atoms with van der Waals surface area (Å²) in [5, 5.41) is 15.0. The van der Waals surface area contributed by atoms with Gasteiger partial charge in [-0.1, -0.05) is 24.3 Å². The van der Waals surface area contributed by atoms with E-state index in [0.717, 1.165) is 25.7 Å². The maximum absolute atomic E-state index is 12.4. The van der Waals surface area contributed by atoms with Crippen LogP contribution in [0.15, 0.2) is 41.5 Å². The first-order valence-electron chi connectivity index (χ1n) is 8.32. The molecule has 3 atom stereocenters. The van der Waals surface area contributed by atoms with Crippen LogP contribution in [0, 0.1) is 27.9 Å². The molecular weight excluding hydrogens is 306 g/mol. The molecule has 2 aliphatic rings. The van der Waals surface area contributed by atoms with Crippen molar-refractivity contribution in [3.63, 3.8) is 0 Å². The quantitative estimate of drug-likeness (QED) is 0.398. The number of carbonyl (C=O) groups excluding carboxylic acids is 1. The number of amides is 1. The van der Waals surface area contributed by atoms with E-state index in [1.165, 1.54) is 12.1 Å². The van der Waals surface area contributed by atoms with Crippen molar-refractivity contribution in [3.05, 3.63) is 52.1 Å². The van der Waals surface area contributed by atoms with Gasteiger partial charge in [0.15, 0.2) is 0 Å². The number of hydrogen-bond donors (Lipinski definition) is 1. The van der Waals surface area contributed by atoms with Crippen molar-refractivity contribution in [3.8, 4) is 0 Å². The molecule has 1 fully saturated rings. The number of hydrazone groups is 1. The van der Waals surface area contributed by atoms with Gasteiger partial charge in [0.05, 0.1) is 10.6 Å². The Morgan fingerprint density at radius 1 is 1.25 bits per heavy atom. The van der Waals surface area contributed by atoms with Gasteiger partial charge in [0.2, 0.25) is 5.91 Å². The van der Waals surface area contributed by atoms with E-state index in [2.05, 4.69) is 22.7 Å². The molecule has 3 rings (SSSR count). The minimum absolute atomic E-state index is 0.0154. The first-order chi connectivity index (χ1) is 11.6. The number of rotatable bonds is 4. The van der Waals surface area contributed by atoms with E-state index < -0.39 is 4.92 Å². The van der Waals surface area contributed by atoms with E-state index in [4.69, 9.17) is 0 Å². The molecule has 0 aliphatic heterocycles. The molecule has 0 spiro atoms. The van der Waals surface area contributed by atoms with Crippen molar-refractivity contribution in [1.82, 2.24) is 5.43 Å². The van der Waals surface area contributed by atoms with Crippen LogP contribution in [0.5, 0.6) is 0 Å². The number of nitrogens with zero attached hydrogens (tertiary/aromatic N) is 2. The minimum Gasteiger partial charge on any atom is -0.273 e. The van der Waals surface area contributed by atoms with E-state index in [9.17, 15) is 14.9 Å². The molecule has 0 radical (unpaired) electrons. The smallest absolute Gasteiger partial charge is 0.270 e. The van der Waals surface area contributed by atoms with Gasteiger partial charge in [-0.15, -0.1) is 0 Å². The Kier molecular flexibility index (Phi) is 4.74. The first kappa shape index (κ1) is 16.4. The largest absolute Gasteiger partial charge is 0.273 e. The molecule has 6 nitrogen and oxygen atoms in total. The zero-order chi connectivity index (χ0) is 17.1. The third-order valence-electron chi connectivity index (χ3n) is 4.94. The van der Waals surface area contributed by atoms with Gasteiger partial charge < -0.3 is 0 Å². The van der Waals surface area contributed by atoms with Crippen molar-refractivity contribution in [1.29, 1.82) is 0 Å². The third-order valence-corrected chi connectivity index (χ3v) is 4.94. The van der Waals surface area contributed by atoms with Crippen molar-refractivity contribution in [2.75, 3.05) is 0 Å². The van der Waals surface area contributed by atoms with Crippen LogP contribution in [-0.4, -0.2) is 16.5 Å². The lowest BCUT2D eigenvalue weighted by molar-refractivity contribution is -0.384. The number of non-ortho nitro benzene ring substituents is 1. The second-order valence-corrected chi connectivity index (χ2v) is 6.46. The predicted octanol–water partition coefficient (Wildman–Crippen LogP) is 3.43. The lowest BCUT2D eigenvalue weighted by Crippen LogP contribution is -2.22. The van der Waals surface area contributed by atoms with Gasteiger partial charge in [0.25, 0.3) is 5.69 Å². The molecule has 1 aromatic rings. The average molecular weight is 327 g/mol. The maximum atomic E-state index is 12.4. The van der Waals surface area contributed by atoms with Crippen molar-refractivity contribution >= 4 is 17.3 Å². The molecule has 24 heavy (non-hydrogen) atoms. The Labute approximate surface area is 140 Å². The van der Waals surface area contributed by atoms with E-state index in [1.807, 2.05) is 0 Å². The Bertz CT molecular complexity index is 695. The van der Waals surface area contributed by atoms with Gasteiger partial charge in [-0.3, -0.25) is 14.9 Å². The van der Waals surface area contributed by atoms with E-state index in [0.29, 0.717) is 23.1 Å². The fourth-order valence-corrected chi connectivity index (χ4v) is 3.56. The van der Waals surface area contributed by atoms with Crippen LogP contribution in [-0.2, 0) is 4.79 Å². The predicted molar refractivity (Wildman–Crippen MR) is 91.5 cm³/mol. The molecule has 1 aromatic carbocycles. The maximum Gasteiger partial charge on any atom is 0.270 e. The number of nitro groups is 1. The molecule has 1 N–H and O–H groups in total. The summed E-state index contributed by atoms with van der Waals surface area (Å²) in [6, 6.07) is 6.25. The van der Waals surface area contributed by atoms with Crippen molar-refractivity contribution in [2.24, 2.45) is 22.9 Å².